The molecule has 4 heteroatoms. The lowest BCUT2D eigenvalue weighted by molar-refractivity contribution is 0.298. The molecule has 1 aromatic carbocycles. The third kappa shape index (κ3) is 3.05. The van der Waals surface area contributed by atoms with Gasteiger partial charge >= 0.3 is 0 Å². The minimum absolute atomic E-state index is 0.182. The Morgan fingerprint density at radius 2 is 2.06 bits per heavy atom. The fourth-order valence-corrected chi connectivity index (χ4v) is 1.86. The van der Waals surface area contributed by atoms with E-state index < -0.39 is 0 Å². The van der Waals surface area contributed by atoms with E-state index in [9.17, 15) is 0 Å². The molecule has 2 aromatic rings. The molecule has 0 spiro atoms. The molecule has 0 bridgehead atoms. The monoisotopic (exact) mass is 235 g/mol. The van der Waals surface area contributed by atoms with Crippen molar-refractivity contribution in [2.45, 2.75) is 13.0 Å². The van der Waals surface area contributed by atoms with Crippen LogP contribution >= 0.6 is 11.3 Å². The predicted molar refractivity (Wildman–Crippen MR) is 63.7 cm³/mol. The molecule has 16 heavy (non-hydrogen) atoms. The van der Waals surface area contributed by atoms with E-state index in [0.29, 0.717) is 13.0 Å². The lowest BCUT2D eigenvalue weighted by Gasteiger charge is -2.05. The van der Waals surface area contributed by atoms with Gasteiger partial charge in [-0.2, -0.15) is 0 Å². The van der Waals surface area contributed by atoms with Crippen LogP contribution in [0.15, 0.2) is 36.0 Å². The van der Waals surface area contributed by atoms with Gasteiger partial charge in [0.2, 0.25) is 0 Å². The second kappa shape index (κ2) is 5.63. The molecule has 1 aromatic heterocycles. The van der Waals surface area contributed by atoms with E-state index in [1.165, 1.54) is 0 Å². The standard InChI is InChI=1S/C12H13NO2S/c14-6-5-10-1-3-11(4-2-10)15-8-12-7-13-9-16-12/h1-4,7,9,14H,5-6,8H2. The highest BCUT2D eigenvalue weighted by atomic mass is 32.1. The summed E-state index contributed by atoms with van der Waals surface area (Å²) in [6, 6.07) is 7.79. The van der Waals surface area contributed by atoms with Gasteiger partial charge in [0.15, 0.2) is 0 Å². The van der Waals surface area contributed by atoms with Gasteiger partial charge in [0, 0.05) is 12.8 Å². The molecule has 1 heterocycles. The van der Waals surface area contributed by atoms with Crippen molar-refractivity contribution >= 4 is 11.3 Å². The van der Waals surface area contributed by atoms with Gasteiger partial charge in [-0.15, -0.1) is 11.3 Å². The molecule has 0 amide bonds. The Morgan fingerprint density at radius 1 is 1.25 bits per heavy atom. The first-order valence-electron chi connectivity index (χ1n) is 5.08. The van der Waals surface area contributed by atoms with Crippen molar-refractivity contribution in [2.75, 3.05) is 6.61 Å². The zero-order valence-electron chi connectivity index (χ0n) is 8.80. The quantitative estimate of drug-likeness (QED) is 0.864. The third-order valence-corrected chi connectivity index (χ3v) is 2.94. The largest absolute Gasteiger partial charge is 0.488 e. The Hall–Kier alpha value is -1.39. The molecule has 0 radical (unpaired) electrons. The predicted octanol–water partition coefficient (Wildman–Crippen LogP) is 2.26. The van der Waals surface area contributed by atoms with Crippen LogP contribution in [0, 0.1) is 0 Å². The van der Waals surface area contributed by atoms with Crippen LogP contribution in [0.1, 0.15) is 10.4 Å². The van der Waals surface area contributed by atoms with E-state index in [2.05, 4.69) is 4.98 Å². The minimum atomic E-state index is 0.182. The second-order valence-electron chi connectivity index (χ2n) is 3.37. The first-order valence-corrected chi connectivity index (χ1v) is 5.96. The number of rotatable bonds is 5. The van der Waals surface area contributed by atoms with Crippen molar-refractivity contribution in [2.24, 2.45) is 0 Å². The van der Waals surface area contributed by atoms with Crippen LogP contribution < -0.4 is 4.74 Å². The Bertz CT molecular complexity index is 411. The van der Waals surface area contributed by atoms with Crippen LogP contribution in [0.4, 0.5) is 0 Å². The third-order valence-electron chi connectivity index (χ3n) is 2.19. The molecule has 2 rings (SSSR count). The Balaban J connectivity index is 1.90. The van der Waals surface area contributed by atoms with E-state index >= 15 is 0 Å². The maximum absolute atomic E-state index is 8.78. The number of benzene rings is 1. The summed E-state index contributed by atoms with van der Waals surface area (Å²) in [6.45, 7) is 0.741. The van der Waals surface area contributed by atoms with Gasteiger partial charge in [-0.25, -0.2) is 0 Å². The number of aromatic nitrogens is 1. The number of nitrogens with zero attached hydrogens (tertiary/aromatic N) is 1. The van der Waals surface area contributed by atoms with Gasteiger partial charge in [0.05, 0.1) is 10.4 Å². The summed E-state index contributed by atoms with van der Waals surface area (Å²) >= 11 is 1.58. The topological polar surface area (TPSA) is 42.4 Å². The molecule has 0 saturated heterocycles. The molecule has 0 aliphatic rings. The van der Waals surface area contributed by atoms with Gasteiger partial charge in [-0.05, 0) is 24.1 Å². The number of ether oxygens (including phenoxy) is 1. The van der Waals surface area contributed by atoms with Crippen molar-refractivity contribution in [1.82, 2.24) is 4.98 Å². The Morgan fingerprint density at radius 3 is 2.69 bits per heavy atom. The summed E-state index contributed by atoms with van der Waals surface area (Å²) in [7, 11) is 0. The first kappa shape index (κ1) is 11.1. The molecule has 0 fully saturated rings. The highest BCUT2D eigenvalue weighted by molar-refractivity contribution is 7.09. The lowest BCUT2D eigenvalue weighted by Crippen LogP contribution is -1.94. The van der Waals surface area contributed by atoms with Gasteiger partial charge in [-0.3, -0.25) is 4.98 Å². The van der Waals surface area contributed by atoms with E-state index in [1.807, 2.05) is 30.5 Å². The normalized spacial score (nSPS) is 10.3. The van der Waals surface area contributed by atoms with Gasteiger partial charge in [0.1, 0.15) is 12.4 Å². The Kier molecular flexibility index (Phi) is 3.91. The SMILES string of the molecule is OCCc1ccc(OCc2cncs2)cc1. The van der Waals surface area contributed by atoms with Crippen LogP contribution in [0.5, 0.6) is 5.75 Å². The number of aliphatic hydroxyl groups excluding tert-OH is 1. The van der Waals surface area contributed by atoms with Crippen LogP contribution in [-0.4, -0.2) is 16.7 Å². The summed E-state index contributed by atoms with van der Waals surface area (Å²) in [5, 5.41) is 8.78. The van der Waals surface area contributed by atoms with Crippen molar-refractivity contribution in [1.29, 1.82) is 0 Å². The molecule has 0 aliphatic heterocycles. The number of hydrogen-bond acceptors (Lipinski definition) is 4. The van der Waals surface area contributed by atoms with E-state index in [-0.39, 0.29) is 6.61 Å². The van der Waals surface area contributed by atoms with Crippen LogP contribution in [0.2, 0.25) is 0 Å². The van der Waals surface area contributed by atoms with Crippen LogP contribution in [0.25, 0.3) is 0 Å². The molecular weight excluding hydrogens is 222 g/mol. The number of thiazole rings is 1. The molecule has 0 saturated carbocycles. The zero-order chi connectivity index (χ0) is 11.2. The van der Waals surface area contributed by atoms with Crippen molar-refractivity contribution in [3.05, 3.63) is 46.4 Å². The number of aliphatic hydroxyl groups is 1. The second-order valence-corrected chi connectivity index (χ2v) is 4.34. The minimum Gasteiger partial charge on any atom is -0.488 e. The summed E-state index contributed by atoms with van der Waals surface area (Å²) < 4.78 is 5.59. The van der Waals surface area contributed by atoms with Gasteiger partial charge in [-0.1, -0.05) is 12.1 Å². The van der Waals surface area contributed by atoms with E-state index in [1.54, 1.807) is 16.8 Å². The van der Waals surface area contributed by atoms with Crippen molar-refractivity contribution in [3.63, 3.8) is 0 Å². The summed E-state index contributed by atoms with van der Waals surface area (Å²) in [6.07, 6.45) is 2.50. The fraction of sp³-hybridized carbons (Fsp3) is 0.250. The van der Waals surface area contributed by atoms with Crippen LogP contribution in [0.3, 0.4) is 0 Å². The molecule has 84 valence electrons. The van der Waals surface area contributed by atoms with E-state index in [0.717, 1.165) is 16.2 Å². The summed E-state index contributed by atoms with van der Waals surface area (Å²) in [5.41, 5.74) is 2.91. The van der Waals surface area contributed by atoms with Crippen LogP contribution in [-0.2, 0) is 13.0 Å². The zero-order valence-corrected chi connectivity index (χ0v) is 9.61. The summed E-state index contributed by atoms with van der Waals surface area (Å²) in [5.74, 6) is 0.843. The first-order chi connectivity index (χ1) is 7.88. The smallest absolute Gasteiger partial charge is 0.124 e. The highest BCUT2D eigenvalue weighted by Gasteiger charge is 1.98. The highest BCUT2D eigenvalue weighted by Crippen LogP contribution is 2.15. The van der Waals surface area contributed by atoms with Gasteiger partial charge < -0.3 is 9.84 Å². The average Bonchev–Trinajstić information content (AvgIpc) is 2.82. The van der Waals surface area contributed by atoms with Gasteiger partial charge in [0.25, 0.3) is 0 Å². The molecule has 0 atom stereocenters. The maximum atomic E-state index is 8.78. The Labute approximate surface area is 98.4 Å². The molecule has 1 N–H and O–H groups in total. The molecule has 0 aliphatic carbocycles. The van der Waals surface area contributed by atoms with Crippen molar-refractivity contribution < 1.29 is 9.84 Å². The molecule has 0 unspecified atom stereocenters. The fourth-order valence-electron chi connectivity index (χ4n) is 1.35. The number of hydrogen-bond donors (Lipinski definition) is 1. The maximum Gasteiger partial charge on any atom is 0.124 e. The summed E-state index contributed by atoms with van der Waals surface area (Å²) in [4.78, 5) is 5.09. The van der Waals surface area contributed by atoms with E-state index in [4.69, 9.17) is 9.84 Å². The molecule has 3 nitrogen and oxygen atoms in total. The lowest BCUT2D eigenvalue weighted by atomic mass is 10.1. The average molecular weight is 235 g/mol. The van der Waals surface area contributed by atoms with Crippen molar-refractivity contribution in [3.8, 4) is 5.75 Å². The molecular formula is C12H13NO2S.